The van der Waals surface area contributed by atoms with E-state index in [9.17, 15) is 19.2 Å². The van der Waals surface area contributed by atoms with Crippen molar-refractivity contribution in [3.05, 3.63) is 18.2 Å². The summed E-state index contributed by atoms with van der Waals surface area (Å²) in [5.74, 6) is -0.879. The van der Waals surface area contributed by atoms with Gasteiger partial charge in [0, 0.05) is 18.3 Å². The summed E-state index contributed by atoms with van der Waals surface area (Å²) in [6, 6.07) is 4.96. The van der Waals surface area contributed by atoms with Gasteiger partial charge in [0.1, 0.15) is 0 Å². The highest BCUT2D eigenvalue weighted by Crippen LogP contribution is 2.38. The zero-order valence-electron chi connectivity index (χ0n) is 16.7. The molecule has 4 rings (SSSR count). The molecule has 9 nitrogen and oxygen atoms in total. The Hall–Kier alpha value is -3.10. The first-order valence-electron chi connectivity index (χ1n) is 10.2. The topological polar surface area (TPSA) is 111 Å². The van der Waals surface area contributed by atoms with E-state index < -0.39 is 18.0 Å². The molecule has 1 saturated carbocycles. The zero-order valence-corrected chi connectivity index (χ0v) is 16.7. The van der Waals surface area contributed by atoms with Crippen molar-refractivity contribution in [1.82, 2.24) is 4.90 Å². The molecule has 1 saturated heterocycles. The number of hydrogen-bond donors (Lipinski definition) is 1. The van der Waals surface area contributed by atoms with Crippen LogP contribution in [0.1, 0.15) is 39.0 Å². The number of amides is 3. The fraction of sp³-hybridized carbons (Fsp3) is 0.524. The number of imide groups is 1. The first-order chi connectivity index (χ1) is 14.4. The number of ether oxygens (including phenoxy) is 3. The van der Waals surface area contributed by atoms with Crippen molar-refractivity contribution in [2.45, 2.75) is 45.1 Å². The Morgan fingerprint density at radius 2 is 1.80 bits per heavy atom. The standard InChI is InChI=1S/C21H24N2O7/c1-12(19(25)22-13-6-7-16-17(10-13)29-11-28-16)30-18(24)8-9-23-20(26)14-4-2-3-5-15(14)21(23)27/h6-7,10,12,14-15H,2-5,8-9,11H2,1H3,(H,22,25)/t12-,14-,15-/m0/s1. The second-order valence-corrected chi connectivity index (χ2v) is 7.76. The zero-order chi connectivity index (χ0) is 21.3. The fourth-order valence-electron chi connectivity index (χ4n) is 4.18. The molecule has 2 fully saturated rings. The molecule has 1 aromatic carbocycles. The van der Waals surface area contributed by atoms with Gasteiger partial charge in [-0.15, -0.1) is 0 Å². The number of benzene rings is 1. The molecule has 1 N–H and O–H groups in total. The summed E-state index contributed by atoms with van der Waals surface area (Å²) in [6.45, 7) is 1.57. The third-order valence-electron chi connectivity index (χ3n) is 5.79. The number of carbonyl (C=O) groups is 4. The summed E-state index contributed by atoms with van der Waals surface area (Å²) >= 11 is 0. The van der Waals surface area contributed by atoms with Crippen molar-refractivity contribution in [3.63, 3.8) is 0 Å². The van der Waals surface area contributed by atoms with E-state index in [4.69, 9.17) is 14.2 Å². The predicted octanol–water partition coefficient (Wildman–Crippen LogP) is 1.85. The summed E-state index contributed by atoms with van der Waals surface area (Å²) in [7, 11) is 0. The minimum atomic E-state index is -1.03. The molecule has 0 bridgehead atoms. The van der Waals surface area contributed by atoms with Crippen LogP contribution in [0.2, 0.25) is 0 Å². The molecule has 1 aromatic rings. The maximum atomic E-state index is 12.4. The molecule has 0 unspecified atom stereocenters. The second kappa shape index (κ2) is 8.33. The maximum Gasteiger partial charge on any atom is 0.308 e. The Labute approximate surface area is 173 Å². The van der Waals surface area contributed by atoms with Crippen LogP contribution in [0.5, 0.6) is 11.5 Å². The molecule has 0 aromatic heterocycles. The van der Waals surface area contributed by atoms with Gasteiger partial charge in [-0.1, -0.05) is 12.8 Å². The van der Waals surface area contributed by atoms with Crippen LogP contribution in [0, 0.1) is 11.8 Å². The normalized spacial score (nSPS) is 23.2. The number of rotatable bonds is 6. The van der Waals surface area contributed by atoms with Crippen molar-refractivity contribution < 1.29 is 33.4 Å². The van der Waals surface area contributed by atoms with E-state index in [-0.39, 0.29) is 43.4 Å². The van der Waals surface area contributed by atoms with Gasteiger partial charge in [0.15, 0.2) is 17.6 Å². The van der Waals surface area contributed by atoms with Gasteiger partial charge in [-0.25, -0.2) is 0 Å². The summed E-state index contributed by atoms with van der Waals surface area (Å²) in [5, 5.41) is 2.65. The third-order valence-corrected chi connectivity index (χ3v) is 5.79. The number of carbonyl (C=O) groups excluding carboxylic acids is 4. The van der Waals surface area contributed by atoms with Crippen LogP contribution in [-0.2, 0) is 23.9 Å². The second-order valence-electron chi connectivity index (χ2n) is 7.76. The number of nitrogens with one attached hydrogen (secondary N) is 1. The minimum absolute atomic E-state index is 0.0139. The molecular formula is C21H24N2O7. The quantitative estimate of drug-likeness (QED) is 0.556. The van der Waals surface area contributed by atoms with Crippen LogP contribution in [0.15, 0.2) is 18.2 Å². The predicted molar refractivity (Wildman–Crippen MR) is 104 cm³/mol. The van der Waals surface area contributed by atoms with Crippen molar-refractivity contribution in [2.75, 3.05) is 18.7 Å². The van der Waals surface area contributed by atoms with Crippen molar-refractivity contribution in [2.24, 2.45) is 11.8 Å². The number of anilines is 1. The molecular weight excluding hydrogens is 392 g/mol. The van der Waals surface area contributed by atoms with Gasteiger partial charge in [-0.3, -0.25) is 24.1 Å². The van der Waals surface area contributed by atoms with Gasteiger partial charge >= 0.3 is 5.97 Å². The fourth-order valence-corrected chi connectivity index (χ4v) is 4.18. The van der Waals surface area contributed by atoms with E-state index in [1.807, 2.05) is 0 Å². The molecule has 0 spiro atoms. The molecule has 9 heteroatoms. The van der Waals surface area contributed by atoms with Gasteiger partial charge in [0.25, 0.3) is 5.91 Å². The van der Waals surface area contributed by atoms with Crippen LogP contribution in [0.25, 0.3) is 0 Å². The van der Waals surface area contributed by atoms with Gasteiger partial charge < -0.3 is 19.5 Å². The number of hydrogen-bond acceptors (Lipinski definition) is 7. The summed E-state index contributed by atoms with van der Waals surface area (Å²) in [5.41, 5.74) is 0.489. The largest absolute Gasteiger partial charge is 0.454 e. The van der Waals surface area contributed by atoms with Gasteiger partial charge in [-0.05, 0) is 31.9 Å². The third kappa shape index (κ3) is 3.96. The van der Waals surface area contributed by atoms with Gasteiger partial charge in [-0.2, -0.15) is 0 Å². The highest BCUT2D eigenvalue weighted by molar-refractivity contribution is 6.05. The lowest BCUT2D eigenvalue weighted by Crippen LogP contribution is -2.35. The Bertz CT molecular complexity index is 860. The lowest BCUT2D eigenvalue weighted by molar-refractivity contribution is -0.154. The number of fused-ring (bicyclic) bond motifs is 2. The molecule has 3 atom stereocenters. The van der Waals surface area contributed by atoms with Crippen LogP contribution in [0.3, 0.4) is 0 Å². The van der Waals surface area contributed by atoms with E-state index in [1.54, 1.807) is 18.2 Å². The monoisotopic (exact) mass is 416 g/mol. The maximum absolute atomic E-state index is 12.4. The highest BCUT2D eigenvalue weighted by Gasteiger charge is 2.47. The Balaban J connectivity index is 1.26. The van der Waals surface area contributed by atoms with E-state index in [0.717, 1.165) is 25.7 Å². The number of nitrogens with zero attached hydrogens (tertiary/aromatic N) is 1. The van der Waals surface area contributed by atoms with Gasteiger partial charge in [0.2, 0.25) is 18.6 Å². The number of esters is 1. The molecule has 30 heavy (non-hydrogen) atoms. The average Bonchev–Trinajstić information content (AvgIpc) is 3.29. The first kappa shape index (κ1) is 20.2. The van der Waals surface area contributed by atoms with E-state index >= 15 is 0 Å². The van der Waals surface area contributed by atoms with Crippen LogP contribution < -0.4 is 14.8 Å². The van der Waals surface area contributed by atoms with Crippen LogP contribution in [0.4, 0.5) is 5.69 Å². The van der Waals surface area contributed by atoms with E-state index in [1.165, 1.54) is 11.8 Å². The van der Waals surface area contributed by atoms with Crippen molar-refractivity contribution >= 4 is 29.4 Å². The molecule has 1 aliphatic carbocycles. The van der Waals surface area contributed by atoms with Gasteiger partial charge in [0.05, 0.1) is 18.3 Å². The van der Waals surface area contributed by atoms with E-state index in [2.05, 4.69) is 5.32 Å². The van der Waals surface area contributed by atoms with E-state index in [0.29, 0.717) is 17.2 Å². The molecule has 2 aliphatic heterocycles. The van der Waals surface area contributed by atoms with Crippen molar-refractivity contribution in [3.8, 4) is 11.5 Å². The summed E-state index contributed by atoms with van der Waals surface area (Å²) in [6.07, 6.45) is 2.19. The lowest BCUT2D eigenvalue weighted by Gasteiger charge is -2.19. The minimum Gasteiger partial charge on any atom is -0.454 e. The molecule has 2 heterocycles. The first-order valence-corrected chi connectivity index (χ1v) is 10.2. The molecule has 0 radical (unpaired) electrons. The smallest absolute Gasteiger partial charge is 0.308 e. The Kier molecular flexibility index (Phi) is 5.61. The molecule has 160 valence electrons. The lowest BCUT2D eigenvalue weighted by atomic mass is 9.81. The van der Waals surface area contributed by atoms with Crippen LogP contribution in [-0.4, -0.2) is 48.0 Å². The number of likely N-dealkylation sites (tertiary alicyclic amines) is 1. The Morgan fingerprint density at radius 1 is 1.13 bits per heavy atom. The summed E-state index contributed by atoms with van der Waals surface area (Å²) in [4.78, 5) is 50.5. The Morgan fingerprint density at radius 3 is 2.50 bits per heavy atom. The SMILES string of the molecule is C[C@H](OC(=O)CCN1C(=O)[C@H]2CCCC[C@@H]2C1=O)C(=O)Nc1ccc2c(c1)OCO2. The summed E-state index contributed by atoms with van der Waals surface area (Å²) < 4.78 is 15.6. The highest BCUT2D eigenvalue weighted by atomic mass is 16.7. The molecule has 3 aliphatic rings. The van der Waals surface area contributed by atoms with Crippen LogP contribution >= 0.6 is 0 Å². The molecule has 3 amide bonds. The average molecular weight is 416 g/mol. The van der Waals surface area contributed by atoms with Crippen molar-refractivity contribution in [1.29, 1.82) is 0 Å².